The molecule has 0 aromatic carbocycles. The first kappa shape index (κ1) is 22.7. The number of rotatable bonds is 5. The molecule has 3 aromatic rings. The predicted molar refractivity (Wildman–Crippen MR) is 124 cm³/mol. The fourth-order valence-corrected chi connectivity index (χ4v) is 4.41. The molecule has 10 nitrogen and oxygen atoms in total. The lowest BCUT2D eigenvalue weighted by molar-refractivity contribution is 0.0612. The van der Waals surface area contributed by atoms with Crippen molar-refractivity contribution in [3.63, 3.8) is 0 Å². The van der Waals surface area contributed by atoms with Gasteiger partial charge in [-0.3, -0.25) is 4.68 Å². The molecule has 2 aliphatic rings. The lowest BCUT2D eigenvalue weighted by Gasteiger charge is -2.32. The zero-order valence-electron chi connectivity index (χ0n) is 19.0. The molecule has 12 heteroatoms. The number of piperidine rings is 1. The van der Waals surface area contributed by atoms with Gasteiger partial charge in [-0.05, 0) is 26.3 Å². The predicted octanol–water partition coefficient (Wildman–Crippen LogP) is 1.97. The average molecular weight is 475 g/mol. The summed E-state index contributed by atoms with van der Waals surface area (Å²) in [4.78, 5) is 16.7. The van der Waals surface area contributed by atoms with Gasteiger partial charge in [-0.1, -0.05) is 0 Å². The molecule has 3 aromatic heterocycles. The van der Waals surface area contributed by atoms with Gasteiger partial charge >= 0.3 is 0 Å². The number of hydrogen-bond donors (Lipinski definition) is 3. The van der Waals surface area contributed by atoms with E-state index in [-0.39, 0.29) is 25.7 Å². The summed E-state index contributed by atoms with van der Waals surface area (Å²) in [6.45, 7) is 4.78. The van der Waals surface area contributed by atoms with Crippen LogP contribution in [-0.4, -0.2) is 85.7 Å². The molecule has 4 atom stereocenters. The zero-order chi connectivity index (χ0) is 24.0. The zero-order valence-corrected chi connectivity index (χ0v) is 19.0. The Morgan fingerprint density at radius 2 is 1.79 bits per heavy atom. The normalized spacial score (nSPS) is 25.5. The minimum atomic E-state index is -1.34. The Morgan fingerprint density at radius 1 is 1.03 bits per heavy atom. The van der Waals surface area contributed by atoms with Crippen LogP contribution in [0.1, 0.15) is 26.3 Å². The van der Waals surface area contributed by atoms with Gasteiger partial charge in [0, 0.05) is 37.6 Å². The number of nitrogens with one attached hydrogen (secondary N) is 1. The molecule has 2 aliphatic heterocycles. The van der Waals surface area contributed by atoms with Crippen LogP contribution in [0.4, 0.5) is 32.2 Å². The van der Waals surface area contributed by atoms with Crippen LogP contribution >= 0.6 is 0 Å². The molecule has 2 fully saturated rings. The van der Waals surface area contributed by atoms with Gasteiger partial charge in [0.1, 0.15) is 30.1 Å². The second-order valence-electron chi connectivity index (χ2n) is 9.12. The molecule has 0 aliphatic carbocycles. The highest BCUT2D eigenvalue weighted by molar-refractivity contribution is 5.92. The van der Waals surface area contributed by atoms with Crippen molar-refractivity contribution in [1.29, 1.82) is 0 Å². The minimum absolute atomic E-state index is 0.0378. The summed E-state index contributed by atoms with van der Waals surface area (Å²) < 4.78 is 29.7. The molecule has 5 heterocycles. The number of hydrogen-bond acceptors (Lipinski definition) is 9. The van der Waals surface area contributed by atoms with E-state index in [1.165, 1.54) is 0 Å². The molecule has 0 amide bonds. The summed E-state index contributed by atoms with van der Waals surface area (Å²) in [6, 6.07) is 3.59. The quantitative estimate of drug-likeness (QED) is 0.510. The fourth-order valence-electron chi connectivity index (χ4n) is 4.41. The van der Waals surface area contributed by atoms with Gasteiger partial charge in [0.15, 0.2) is 5.82 Å². The monoisotopic (exact) mass is 474 g/mol. The van der Waals surface area contributed by atoms with Crippen LogP contribution in [0.5, 0.6) is 0 Å². The highest BCUT2D eigenvalue weighted by Crippen LogP contribution is 2.32. The number of anilines is 4. The van der Waals surface area contributed by atoms with Crippen LogP contribution in [0.15, 0.2) is 24.5 Å². The van der Waals surface area contributed by atoms with Crippen molar-refractivity contribution in [1.82, 2.24) is 24.7 Å². The number of β-amino-alcohol motifs (C(OH)–C–C–N with tert-alkyl or cyclic N) is 1. The first-order valence-corrected chi connectivity index (χ1v) is 11.4. The third kappa shape index (κ3) is 4.23. The van der Waals surface area contributed by atoms with Gasteiger partial charge in [0.2, 0.25) is 5.95 Å². The van der Waals surface area contributed by atoms with Gasteiger partial charge in [0.25, 0.3) is 0 Å². The fraction of sp³-hybridized carbons (Fsp3) is 0.545. The second kappa shape index (κ2) is 8.91. The van der Waals surface area contributed by atoms with E-state index in [0.717, 1.165) is 10.9 Å². The molecular formula is C22H28F2N8O2. The lowest BCUT2D eigenvalue weighted by atomic mass is 10.1. The third-order valence-corrected chi connectivity index (χ3v) is 6.27. The van der Waals surface area contributed by atoms with E-state index in [2.05, 4.69) is 25.4 Å². The second-order valence-corrected chi connectivity index (χ2v) is 9.12. The number of aliphatic hydroxyl groups excluding tert-OH is 2. The number of aromatic nitrogens is 5. The highest BCUT2D eigenvalue weighted by atomic mass is 19.1. The largest absolute Gasteiger partial charge is 0.390 e. The molecular weight excluding hydrogens is 446 g/mol. The third-order valence-electron chi connectivity index (χ3n) is 6.27. The number of alkyl halides is 2. The molecule has 182 valence electrons. The van der Waals surface area contributed by atoms with E-state index >= 15 is 0 Å². The first-order chi connectivity index (χ1) is 16.3. The number of pyridine rings is 1. The molecule has 5 rings (SSSR count). The summed E-state index contributed by atoms with van der Waals surface area (Å²) in [5.74, 6) is 2.01. The van der Waals surface area contributed by atoms with Crippen LogP contribution in [0.3, 0.4) is 0 Å². The van der Waals surface area contributed by atoms with Crippen molar-refractivity contribution < 1.29 is 19.0 Å². The maximum Gasteiger partial charge on any atom is 0.227 e. The molecule has 0 bridgehead atoms. The number of halogens is 2. The van der Waals surface area contributed by atoms with Gasteiger partial charge in [0.05, 0.1) is 30.1 Å². The van der Waals surface area contributed by atoms with Crippen LogP contribution in [0.25, 0.3) is 10.9 Å². The van der Waals surface area contributed by atoms with Crippen molar-refractivity contribution in [2.45, 2.75) is 50.9 Å². The van der Waals surface area contributed by atoms with Crippen molar-refractivity contribution in [3.05, 3.63) is 24.5 Å². The Hall–Kier alpha value is -3.12. The molecule has 0 radical (unpaired) electrons. The van der Waals surface area contributed by atoms with E-state index in [4.69, 9.17) is 0 Å². The molecule has 3 N–H and O–H groups in total. The van der Waals surface area contributed by atoms with Crippen molar-refractivity contribution in [2.75, 3.05) is 41.3 Å². The lowest BCUT2D eigenvalue weighted by Crippen LogP contribution is -2.45. The Bertz CT molecular complexity index is 1170. The van der Waals surface area contributed by atoms with Crippen LogP contribution in [0.2, 0.25) is 0 Å². The van der Waals surface area contributed by atoms with E-state index < -0.39 is 24.6 Å². The molecule has 0 saturated carbocycles. The maximum absolute atomic E-state index is 13.9. The van der Waals surface area contributed by atoms with E-state index in [0.29, 0.717) is 36.4 Å². The average Bonchev–Trinajstić information content (AvgIpc) is 3.35. The minimum Gasteiger partial charge on any atom is -0.390 e. The number of fused-ring (bicyclic) bond motifs is 1. The Kier molecular flexibility index (Phi) is 5.94. The van der Waals surface area contributed by atoms with Crippen molar-refractivity contribution >= 4 is 34.3 Å². The van der Waals surface area contributed by atoms with E-state index in [1.54, 1.807) is 28.3 Å². The van der Waals surface area contributed by atoms with Crippen LogP contribution in [-0.2, 0) is 0 Å². The van der Waals surface area contributed by atoms with Gasteiger partial charge < -0.3 is 25.3 Å². The van der Waals surface area contributed by atoms with Gasteiger partial charge in [-0.15, -0.1) is 0 Å². The Balaban J connectivity index is 1.41. The molecule has 34 heavy (non-hydrogen) atoms. The standard InChI is InChI=1S/C22H28F2N8O2/c1-12(2)32-16-7-20(26-8-13(16)21(29-32)31-10-15(24)18(34)11-31)27-19-3-5-25-22(28-19)30-6-4-17(33)14(23)9-30/h3,5,7-8,12,14-15,17-18,33-34H,4,6,9-11H2,1-2H3,(H,25,26,27,28). The Labute approximate surface area is 195 Å². The Morgan fingerprint density at radius 3 is 2.50 bits per heavy atom. The van der Waals surface area contributed by atoms with E-state index in [9.17, 15) is 19.0 Å². The topological polar surface area (TPSA) is 115 Å². The first-order valence-electron chi connectivity index (χ1n) is 11.4. The molecule has 0 spiro atoms. The summed E-state index contributed by atoms with van der Waals surface area (Å²) in [6.07, 6.45) is -1.05. The number of aliphatic hydroxyl groups is 2. The summed E-state index contributed by atoms with van der Waals surface area (Å²) in [5, 5.41) is 28.1. The highest BCUT2D eigenvalue weighted by Gasteiger charge is 2.34. The van der Waals surface area contributed by atoms with Crippen molar-refractivity contribution in [2.24, 2.45) is 0 Å². The van der Waals surface area contributed by atoms with Gasteiger partial charge in [-0.2, -0.15) is 10.1 Å². The summed E-state index contributed by atoms with van der Waals surface area (Å²) in [7, 11) is 0. The van der Waals surface area contributed by atoms with Crippen LogP contribution in [0, 0.1) is 0 Å². The summed E-state index contributed by atoms with van der Waals surface area (Å²) in [5.41, 5.74) is 0.818. The number of nitrogens with zero attached hydrogens (tertiary/aromatic N) is 7. The van der Waals surface area contributed by atoms with Crippen LogP contribution < -0.4 is 15.1 Å². The van der Waals surface area contributed by atoms with E-state index in [1.807, 2.05) is 24.6 Å². The molecule has 2 saturated heterocycles. The smallest absolute Gasteiger partial charge is 0.227 e. The summed E-state index contributed by atoms with van der Waals surface area (Å²) >= 11 is 0. The SMILES string of the molecule is CC(C)n1nc(N2CC(O)C(F)C2)c2cnc(Nc3ccnc(N4CCC(O)C(F)C4)n3)cc21. The van der Waals surface area contributed by atoms with Crippen molar-refractivity contribution in [3.8, 4) is 0 Å². The molecule has 4 unspecified atom stereocenters. The maximum atomic E-state index is 13.9. The van der Waals surface area contributed by atoms with Gasteiger partial charge in [-0.25, -0.2) is 18.7 Å².